The fourth-order valence-corrected chi connectivity index (χ4v) is 1.92. The Bertz CT molecular complexity index is 327. The molecule has 0 saturated carbocycles. The molecule has 0 N–H and O–H groups in total. The predicted molar refractivity (Wildman–Crippen MR) is 60.4 cm³/mol. The van der Waals surface area contributed by atoms with Crippen LogP contribution in [0.15, 0.2) is 18.2 Å². The van der Waals surface area contributed by atoms with Crippen LogP contribution in [0.25, 0.3) is 0 Å². The van der Waals surface area contributed by atoms with Crippen molar-refractivity contribution in [1.29, 1.82) is 0 Å². The summed E-state index contributed by atoms with van der Waals surface area (Å²) >= 11 is 0. The zero-order valence-corrected chi connectivity index (χ0v) is 9.45. The molecule has 1 atom stereocenters. The average molecular weight is 206 g/mol. The Labute approximate surface area is 91.2 Å². The number of aryl methyl sites for hydroxylation is 2. The Kier molecular flexibility index (Phi) is 3.27. The van der Waals surface area contributed by atoms with Crippen molar-refractivity contribution < 1.29 is 9.47 Å². The standard InChI is InChI=1S/C13H18O2/c1-10-5-6-13(11(2)8-10)15-9-12-4-3-7-14-12/h5-6,8,12H,3-4,7,9H2,1-2H3. The van der Waals surface area contributed by atoms with Crippen LogP contribution < -0.4 is 4.74 Å². The molecule has 0 bridgehead atoms. The highest BCUT2D eigenvalue weighted by Gasteiger charge is 2.16. The first-order valence-electron chi connectivity index (χ1n) is 5.57. The third-order valence-electron chi connectivity index (χ3n) is 2.78. The van der Waals surface area contributed by atoms with Crippen LogP contribution in [-0.4, -0.2) is 19.3 Å². The first kappa shape index (κ1) is 10.5. The quantitative estimate of drug-likeness (QED) is 0.757. The molecule has 2 rings (SSSR count). The van der Waals surface area contributed by atoms with Gasteiger partial charge in [0.1, 0.15) is 12.4 Å². The van der Waals surface area contributed by atoms with E-state index in [0.29, 0.717) is 12.7 Å². The van der Waals surface area contributed by atoms with Crippen molar-refractivity contribution in [3.8, 4) is 5.75 Å². The van der Waals surface area contributed by atoms with Gasteiger partial charge in [-0.25, -0.2) is 0 Å². The van der Waals surface area contributed by atoms with Gasteiger partial charge in [-0.3, -0.25) is 0 Å². The number of hydrogen-bond acceptors (Lipinski definition) is 2. The molecule has 0 radical (unpaired) electrons. The fraction of sp³-hybridized carbons (Fsp3) is 0.538. The van der Waals surface area contributed by atoms with Gasteiger partial charge in [-0.05, 0) is 38.3 Å². The molecule has 1 aliphatic rings. The Morgan fingerprint density at radius 3 is 2.93 bits per heavy atom. The fourth-order valence-electron chi connectivity index (χ4n) is 1.92. The van der Waals surface area contributed by atoms with Crippen molar-refractivity contribution in [3.05, 3.63) is 29.3 Å². The Morgan fingerprint density at radius 1 is 1.40 bits per heavy atom. The van der Waals surface area contributed by atoms with E-state index in [9.17, 15) is 0 Å². The van der Waals surface area contributed by atoms with Crippen molar-refractivity contribution in [2.45, 2.75) is 32.8 Å². The summed E-state index contributed by atoms with van der Waals surface area (Å²) in [5.74, 6) is 0.983. The molecule has 1 saturated heterocycles. The SMILES string of the molecule is Cc1ccc(OCC2CCCO2)c(C)c1. The number of rotatable bonds is 3. The van der Waals surface area contributed by atoms with E-state index in [4.69, 9.17) is 9.47 Å². The zero-order valence-electron chi connectivity index (χ0n) is 9.45. The summed E-state index contributed by atoms with van der Waals surface area (Å²) in [6, 6.07) is 6.27. The lowest BCUT2D eigenvalue weighted by Gasteiger charge is -2.13. The molecule has 2 heteroatoms. The lowest BCUT2D eigenvalue weighted by atomic mass is 10.1. The largest absolute Gasteiger partial charge is 0.491 e. The summed E-state index contributed by atoms with van der Waals surface area (Å²) in [6.07, 6.45) is 2.59. The maximum absolute atomic E-state index is 5.75. The summed E-state index contributed by atoms with van der Waals surface area (Å²) in [5, 5.41) is 0. The van der Waals surface area contributed by atoms with Crippen LogP contribution in [0, 0.1) is 13.8 Å². The van der Waals surface area contributed by atoms with E-state index in [1.165, 1.54) is 17.5 Å². The summed E-state index contributed by atoms with van der Waals surface area (Å²) in [7, 11) is 0. The smallest absolute Gasteiger partial charge is 0.122 e. The molecule has 0 aliphatic carbocycles. The van der Waals surface area contributed by atoms with Crippen LogP contribution in [0.5, 0.6) is 5.75 Å². The molecule has 82 valence electrons. The molecule has 0 aromatic heterocycles. The van der Waals surface area contributed by atoms with Crippen LogP contribution in [0.2, 0.25) is 0 Å². The second kappa shape index (κ2) is 4.67. The zero-order chi connectivity index (χ0) is 10.7. The normalized spacial score (nSPS) is 20.5. The molecular formula is C13H18O2. The van der Waals surface area contributed by atoms with Crippen LogP contribution in [0.1, 0.15) is 24.0 Å². The molecule has 0 spiro atoms. The lowest BCUT2D eigenvalue weighted by Crippen LogP contribution is -2.16. The van der Waals surface area contributed by atoms with Gasteiger partial charge in [-0.1, -0.05) is 17.7 Å². The van der Waals surface area contributed by atoms with E-state index >= 15 is 0 Å². The van der Waals surface area contributed by atoms with E-state index in [0.717, 1.165) is 18.8 Å². The molecule has 15 heavy (non-hydrogen) atoms. The van der Waals surface area contributed by atoms with Gasteiger partial charge >= 0.3 is 0 Å². The summed E-state index contributed by atoms with van der Waals surface area (Å²) in [6.45, 7) is 5.75. The van der Waals surface area contributed by atoms with Gasteiger partial charge in [-0.15, -0.1) is 0 Å². The highest BCUT2D eigenvalue weighted by atomic mass is 16.5. The molecule has 1 aromatic rings. The minimum absolute atomic E-state index is 0.297. The van der Waals surface area contributed by atoms with Crippen molar-refractivity contribution in [3.63, 3.8) is 0 Å². The topological polar surface area (TPSA) is 18.5 Å². The molecule has 1 unspecified atom stereocenters. The van der Waals surface area contributed by atoms with Gasteiger partial charge < -0.3 is 9.47 Å². The third-order valence-corrected chi connectivity index (χ3v) is 2.78. The molecule has 0 amide bonds. The van der Waals surface area contributed by atoms with Gasteiger partial charge in [0.05, 0.1) is 6.10 Å². The van der Waals surface area contributed by atoms with Crippen LogP contribution in [0.4, 0.5) is 0 Å². The first-order chi connectivity index (χ1) is 7.25. The van der Waals surface area contributed by atoms with Crippen LogP contribution >= 0.6 is 0 Å². The molecule has 1 aromatic carbocycles. The Morgan fingerprint density at radius 2 is 2.27 bits per heavy atom. The highest BCUT2D eigenvalue weighted by molar-refractivity contribution is 5.35. The van der Waals surface area contributed by atoms with Crippen LogP contribution in [-0.2, 0) is 4.74 Å². The van der Waals surface area contributed by atoms with Crippen LogP contribution in [0.3, 0.4) is 0 Å². The summed E-state index contributed by atoms with van der Waals surface area (Å²) in [5.41, 5.74) is 2.48. The second-order valence-electron chi connectivity index (χ2n) is 4.21. The molecule has 1 heterocycles. The lowest BCUT2D eigenvalue weighted by molar-refractivity contribution is 0.0677. The monoisotopic (exact) mass is 206 g/mol. The first-order valence-corrected chi connectivity index (χ1v) is 5.57. The van der Waals surface area contributed by atoms with Crippen molar-refractivity contribution in [2.75, 3.05) is 13.2 Å². The van der Waals surface area contributed by atoms with Crippen molar-refractivity contribution in [2.24, 2.45) is 0 Å². The number of benzene rings is 1. The van der Waals surface area contributed by atoms with E-state index in [1.807, 2.05) is 6.07 Å². The average Bonchev–Trinajstić information content (AvgIpc) is 2.69. The van der Waals surface area contributed by atoms with E-state index in [2.05, 4.69) is 26.0 Å². The number of ether oxygens (including phenoxy) is 2. The van der Waals surface area contributed by atoms with Gasteiger partial charge in [0, 0.05) is 6.61 Å². The minimum Gasteiger partial charge on any atom is -0.491 e. The Hall–Kier alpha value is -1.02. The highest BCUT2D eigenvalue weighted by Crippen LogP contribution is 2.20. The van der Waals surface area contributed by atoms with Gasteiger partial charge in [-0.2, -0.15) is 0 Å². The van der Waals surface area contributed by atoms with Gasteiger partial charge in [0.2, 0.25) is 0 Å². The van der Waals surface area contributed by atoms with E-state index in [1.54, 1.807) is 0 Å². The number of hydrogen-bond donors (Lipinski definition) is 0. The van der Waals surface area contributed by atoms with Gasteiger partial charge in [0.25, 0.3) is 0 Å². The van der Waals surface area contributed by atoms with E-state index in [-0.39, 0.29) is 0 Å². The Balaban J connectivity index is 1.92. The molecule has 1 fully saturated rings. The summed E-state index contributed by atoms with van der Waals surface area (Å²) < 4.78 is 11.3. The molecular weight excluding hydrogens is 188 g/mol. The predicted octanol–water partition coefficient (Wildman–Crippen LogP) is 2.86. The van der Waals surface area contributed by atoms with E-state index < -0.39 is 0 Å². The maximum atomic E-state index is 5.75. The van der Waals surface area contributed by atoms with Crippen molar-refractivity contribution in [1.82, 2.24) is 0 Å². The maximum Gasteiger partial charge on any atom is 0.122 e. The van der Waals surface area contributed by atoms with Crippen molar-refractivity contribution >= 4 is 0 Å². The minimum atomic E-state index is 0.297. The molecule has 2 nitrogen and oxygen atoms in total. The summed E-state index contributed by atoms with van der Waals surface area (Å²) in [4.78, 5) is 0. The second-order valence-corrected chi connectivity index (χ2v) is 4.21. The van der Waals surface area contributed by atoms with Gasteiger partial charge in [0.15, 0.2) is 0 Å². The molecule has 1 aliphatic heterocycles. The third kappa shape index (κ3) is 2.72.